The molecule has 0 aliphatic carbocycles. The minimum Gasteiger partial charge on any atom is -0.481 e. The van der Waals surface area contributed by atoms with E-state index in [0.29, 0.717) is 11.1 Å². The van der Waals surface area contributed by atoms with Crippen molar-refractivity contribution in [3.63, 3.8) is 0 Å². The van der Waals surface area contributed by atoms with Gasteiger partial charge in [-0.1, -0.05) is 6.08 Å². The molecule has 1 aliphatic heterocycles. The molecule has 2 rings (SSSR count). The number of ether oxygens (including phenoxy) is 1. The Morgan fingerprint density at radius 2 is 2.10 bits per heavy atom. The predicted octanol–water partition coefficient (Wildman–Crippen LogP) is 2.97. The van der Waals surface area contributed by atoms with Gasteiger partial charge in [-0.05, 0) is 38.5 Å². The number of rotatable bonds is 3. The smallest absolute Gasteiger partial charge is 0.311 e. The maximum atomic E-state index is 11.2. The fourth-order valence-electron chi connectivity index (χ4n) is 2.01. The standard InChI is InChI=1S/C14H15NO5/c1-8(13(16)17)10-6-9-4-5-14(2,3)20-12(9)11(7-10)15(18)19/h4-8H,1-3H3,(H,16,17). The van der Waals surface area contributed by atoms with Crippen molar-refractivity contribution >= 4 is 17.7 Å². The van der Waals surface area contributed by atoms with Crippen molar-refractivity contribution < 1.29 is 19.6 Å². The van der Waals surface area contributed by atoms with Crippen LogP contribution in [0.1, 0.15) is 37.8 Å². The van der Waals surface area contributed by atoms with Gasteiger partial charge in [0.25, 0.3) is 0 Å². The molecular formula is C14H15NO5. The number of nitro groups is 1. The largest absolute Gasteiger partial charge is 0.481 e. The molecule has 0 spiro atoms. The summed E-state index contributed by atoms with van der Waals surface area (Å²) in [5.74, 6) is -1.66. The number of carboxylic acid groups (broad SMARTS) is 1. The van der Waals surface area contributed by atoms with Gasteiger partial charge < -0.3 is 9.84 Å². The van der Waals surface area contributed by atoms with Crippen molar-refractivity contribution in [1.82, 2.24) is 0 Å². The predicted molar refractivity (Wildman–Crippen MR) is 72.9 cm³/mol. The number of benzene rings is 1. The highest BCUT2D eigenvalue weighted by molar-refractivity contribution is 5.78. The summed E-state index contributed by atoms with van der Waals surface area (Å²) in [5, 5.41) is 20.2. The molecule has 106 valence electrons. The number of carboxylic acids is 1. The molecule has 1 aliphatic rings. The Morgan fingerprint density at radius 3 is 2.65 bits per heavy atom. The molecule has 20 heavy (non-hydrogen) atoms. The van der Waals surface area contributed by atoms with Crippen LogP contribution in [0.3, 0.4) is 0 Å². The molecular weight excluding hydrogens is 262 g/mol. The highest BCUT2D eigenvalue weighted by Gasteiger charge is 2.30. The van der Waals surface area contributed by atoms with Crippen LogP contribution in [0.25, 0.3) is 6.08 Å². The molecule has 1 aromatic rings. The Bertz CT molecular complexity index is 618. The van der Waals surface area contributed by atoms with Crippen LogP contribution in [-0.2, 0) is 4.79 Å². The van der Waals surface area contributed by atoms with Crippen LogP contribution in [-0.4, -0.2) is 21.6 Å². The number of nitrogens with zero attached hydrogens (tertiary/aromatic N) is 1. The number of carbonyl (C=O) groups is 1. The first-order valence-corrected chi connectivity index (χ1v) is 6.14. The minimum atomic E-state index is -1.03. The average molecular weight is 277 g/mol. The lowest BCUT2D eigenvalue weighted by atomic mass is 9.94. The highest BCUT2D eigenvalue weighted by atomic mass is 16.6. The van der Waals surface area contributed by atoms with Gasteiger partial charge in [-0.15, -0.1) is 0 Å². The summed E-state index contributed by atoms with van der Waals surface area (Å²) in [4.78, 5) is 21.7. The van der Waals surface area contributed by atoms with Crippen LogP contribution in [0.5, 0.6) is 5.75 Å². The highest BCUT2D eigenvalue weighted by Crippen LogP contribution is 2.40. The molecule has 0 amide bonds. The van der Waals surface area contributed by atoms with Crippen LogP contribution in [0.4, 0.5) is 5.69 Å². The van der Waals surface area contributed by atoms with E-state index in [1.807, 2.05) is 0 Å². The van der Waals surface area contributed by atoms with Gasteiger partial charge in [-0.25, -0.2) is 0 Å². The zero-order valence-corrected chi connectivity index (χ0v) is 11.4. The number of nitro benzene ring substituents is 1. The van der Waals surface area contributed by atoms with Crippen LogP contribution >= 0.6 is 0 Å². The van der Waals surface area contributed by atoms with Gasteiger partial charge in [0.2, 0.25) is 5.75 Å². The lowest BCUT2D eigenvalue weighted by molar-refractivity contribution is -0.386. The Morgan fingerprint density at radius 1 is 1.45 bits per heavy atom. The Balaban J connectivity index is 2.61. The van der Waals surface area contributed by atoms with Gasteiger partial charge in [-0.3, -0.25) is 14.9 Å². The van der Waals surface area contributed by atoms with Gasteiger partial charge in [-0.2, -0.15) is 0 Å². The first kappa shape index (κ1) is 14.0. The molecule has 0 saturated heterocycles. The summed E-state index contributed by atoms with van der Waals surface area (Å²) in [6.45, 7) is 5.08. The molecule has 1 heterocycles. The van der Waals surface area contributed by atoms with Gasteiger partial charge in [0, 0.05) is 11.6 Å². The van der Waals surface area contributed by atoms with E-state index in [2.05, 4.69) is 0 Å². The van der Waals surface area contributed by atoms with E-state index in [-0.39, 0.29) is 11.4 Å². The van der Waals surface area contributed by atoms with Gasteiger partial charge in [0.15, 0.2) is 0 Å². The summed E-state index contributed by atoms with van der Waals surface area (Å²) < 4.78 is 5.63. The van der Waals surface area contributed by atoms with E-state index in [9.17, 15) is 14.9 Å². The summed E-state index contributed by atoms with van der Waals surface area (Å²) in [7, 11) is 0. The molecule has 0 fully saturated rings. The molecule has 6 heteroatoms. The Labute approximate surface area is 115 Å². The minimum absolute atomic E-state index is 0.184. The van der Waals surface area contributed by atoms with Crippen molar-refractivity contribution in [3.8, 4) is 5.75 Å². The van der Waals surface area contributed by atoms with Crippen molar-refractivity contribution in [2.24, 2.45) is 0 Å². The quantitative estimate of drug-likeness (QED) is 0.677. The van der Waals surface area contributed by atoms with Crippen LogP contribution < -0.4 is 4.74 Å². The second-order valence-corrected chi connectivity index (χ2v) is 5.31. The van der Waals surface area contributed by atoms with Gasteiger partial charge in [0.1, 0.15) is 5.60 Å². The van der Waals surface area contributed by atoms with E-state index in [4.69, 9.17) is 9.84 Å². The molecule has 1 unspecified atom stereocenters. The molecule has 0 bridgehead atoms. The first-order valence-electron chi connectivity index (χ1n) is 6.14. The maximum absolute atomic E-state index is 11.2. The second kappa shape index (κ2) is 4.63. The average Bonchev–Trinajstić information content (AvgIpc) is 2.35. The Hall–Kier alpha value is -2.37. The molecule has 1 N–H and O–H groups in total. The SMILES string of the molecule is CC(C(=O)O)c1cc2c(c([N+](=O)[O-])c1)OC(C)(C)C=C2. The van der Waals surface area contributed by atoms with Crippen molar-refractivity contribution in [3.05, 3.63) is 39.4 Å². The fourth-order valence-corrected chi connectivity index (χ4v) is 2.01. The summed E-state index contributed by atoms with van der Waals surface area (Å²) >= 11 is 0. The normalized spacial score (nSPS) is 16.9. The van der Waals surface area contributed by atoms with E-state index < -0.39 is 22.4 Å². The number of aliphatic carboxylic acids is 1. The second-order valence-electron chi connectivity index (χ2n) is 5.31. The zero-order valence-electron chi connectivity index (χ0n) is 11.4. The molecule has 0 aromatic heterocycles. The fraction of sp³-hybridized carbons (Fsp3) is 0.357. The summed E-state index contributed by atoms with van der Waals surface area (Å²) in [6, 6.07) is 2.89. The monoisotopic (exact) mass is 277 g/mol. The van der Waals surface area contributed by atoms with E-state index in [1.54, 1.807) is 32.1 Å². The third-order valence-electron chi connectivity index (χ3n) is 3.22. The number of hydrogen-bond donors (Lipinski definition) is 1. The van der Waals surface area contributed by atoms with E-state index >= 15 is 0 Å². The van der Waals surface area contributed by atoms with Crippen molar-refractivity contribution in [1.29, 1.82) is 0 Å². The van der Waals surface area contributed by atoms with Crippen LogP contribution in [0.2, 0.25) is 0 Å². The zero-order chi connectivity index (χ0) is 15.1. The third kappa shape index (κ3) is 2.49. The van der Waals surface area contributed by atoms with E-state index in [1.165, 1.54) is 13.0 Å². The van der Waals surface area contributed by atoms with Gasteiger partial charge in [0.05, 0.1) is 10.8 Å². The van der Waals surface area contributed by atoms with Crippen LogP contribution in [0.15, 0.2) is 18.2 Å². The molecule has 1 aromatic carbocycles. The van der Waals surface area contributed by atoms with Crippen LogP contribution in [0, 0.1) is 10.1 Å². The summed E-state index contributed by atoms with van der Waals surface area (Å²) in [6.07, 6.45) is 3.51. The van der Waals surface area contributed by atoms with E-state index in [0.717, 1.165) is 0 Å². The molecule has 1 atom stereocenters. The topological polar surface area (TPSA) is 89.7 Å². The van der Waals surface area contributed by atoms with Crippen molar-refractivity contribution in [2.75, 3.05) is 0 Å². The van der Waals surface area contributed by atoms with Gasteiger partial charge >= 0.3 is 11.7 Å². The first-order chi connectivity index (χ1) is 9.21. The third-order valence-corrected chi connectivity index (χ3v) is 3.22. The number of hydrogen-bond acceptors (Lipinski definition) is 4. The lowest BCUT2D eigenvalue weighted by Crippen LogP contribution is -2.28. The molecule has 6 nitrogen and oxygen atoms in total. The summed E-state index contributed by atoms with van der Waals surface area (Å²) in [5.41, 5.74) is 0.0816. The number of fused-ring (bicyclic) bond motifs is 1. The Kier molecular flexibility index (Phi) is 3.25. The molecule has 0 saturated carbocycles. The van der Waals surface area contributed by atoms with Crippen molar-refractivity contribution in [2.45, 2.75) is 32.3 Å². The lowest BCUT2D eigenvalue weighted by Gasteiger charge is -2.27. The maximum Gasteiger partial charge on any atom is 0.311 e. The molecule has 0 radical (unpaired) electrons.